The maximum atomic E-state index is 10.0. The van der Waals surface area contributed by atoms with Gasteiger partial charge in [0, 0.05) is 5.56 Å². The van der Waals surface area contributed by atoms with Crippen molar-refractivity contribution < 1.29 is 5.11 Å². The molecule has 98 valence electrons. The second-order valence-electron chi connectivity index (χ2n) is 4.68. The molecular weight excluding hydrogens is 232 g/mol. The maximum absolute atomic E-state index is 10.0. The molecule has 0 radical (unpaired) electrons. The third-order valence-electron chi connectivity index (χ3n) is 3.28. The SMILES string of the molecule is C=CCCC/C=C/Cc1c(O)ccc2ccccc12. The minimum absolute atomic E-state index is 0.384. The van der Waals surface area contributed by atoms with Crippen LogP contribution in [0.5, 0.6) is 5.75 Å². The van der Waals surface area contributed by atoms with Crippen molar-refractivity contribution in [2.75, 3.05) is 0 Å². The first-order valence-electron chi connectivity index (χ1n) is 6.78. The minimum Gasteiger partial charge on any atom is -0.508 e. The first-order chi connectivity index (χ1) is 9.33. The maximum Gasteiger partial charge on any atom is 0.119 e. The van der Waals surface area contributed by atoms with E-state index in [-0.39, 0.29) is 0 Å². The van der Waals surface area contributed by atoms with Gasteiger partial charge in [-0.1, -0.05) is 48.6 Å². The molecule has 0 fully saturated rings. The summed E-state index contributed by atoms with van der Waals surface area (Å²) in [5, 5.41) is 12.3. The van der Waals surface area contributed by atoms with Gasteiger partial charge in [-0.2, -0.15) is 0 Å². The number of rotatable bonds is 6. The van der Waals surface area contributed by atoms with Crippen molar-refractivity contribution in [3.8, 4) is 5.75 Å². The average Bonchev–Trinajstić information content (AvgIpc) is 2.44. The van der Waals surface area contributed by atoms with E-state index in [1.807, 2.05) is 24.3 Å². The van der Waals surface area contributed by atoms with E-state index in [0.717, 1.165) is 36.6 Å². The summed E-state index contributed by atoms with van der Waals surface area (Å²) in [6.07, 6.45) is 10.3. The summed E-state index contributed by atoms with van der Waals surface area (Å²) in [5.41, 5.74) is 1.01. The summed E-state index contributed by atoms with van der Waals surface area (Å²) in [6, 6.07) is 11.9. The van der Waals surface area contributed by atoms with Gasteiger partial charge in [0.05, 0.1) is 0 Å². The van der Waals surface area contributed by atoms with Crippen LogP contribution in [0.1, 0.15) is 24.8 Å². The molecule has 0 aromatic heterocycles. The summed E-state index contributed by atoms with van der Waals surface area (Å²) in [7, 11) is 0. The topological polar surface area (TPSA) is 20.2 Å². The second-order valence-corrected chi connectivity index (χ2v) is 4.68. The summed E-state index contributed by atoms with van der Waals surface area (Å²) in [4.78, 5) is 0. The summed E-state index contributed by atoms with van der Waals surface area (Å²) >= 11 is 0. The zero-order chi connectivity index (χ0) is 13.5. The van der Waals surface area contributed by atoms with E-state index in [2.05, 4.69) is 30.9 Å². The van der Waals surface area contributed by atoms with Crippen LogP contribution in [-0.4, -0.2) is 5.11 Å². The highest BCUT2D eigenvalue weighted by molar-refractivity contribution is 5.87. The number of aromatic hydroxyl groups is 1. The molecule has 2 aromatic carbocycles. The normalized spacial score (nSPS) is 11.2. The number of phenols is 1. The van der Waals surface area contributed by atoms with E-state index in [4.69, 9.17) is 0 Å². The third kappa shape index (κ3) is 3.47. The van der Waals surface area contributed by atoms with Gasteiger partial charge in [0.2, 0.25) is 0 Å². The number of phenolic OH excluding ortho intramolecular Hbond substituents is 1. The molecule has 0 amide bonds. The van der Waals surface area contributed by atoms with Crippen LogP contribution >= 0.6 is 0 Å². The van der Waals surface area contributed by atoms with Crippen LogP contribution in [0.25, 0.3) is 10.8 Å². The van der Waals surface area contributed by atoms with Crippen LogP contribution in [-0.2, 0) is 6.42 Å². The van der Waals surface area contributed by atoms with Crippen LogP contribution in [0.15, 0.2) is 61.2 Å². The number of fused-ring (bicyclic) bond motifs is 1. The Kier molecular flexibility index (Phi) is 4.79. The minimum atomic E-state index is 0.384. The van der Waals surface area contributed by atoms with Crippen LogP contribution in [0.2, 0.25) is 0 Å². The highest BCUT2D eigenvalue weighted by Gasteiger charge is 2.04. The molecule has 0 spiro atoms. The lowest BCUT2D eigenvalue weighted by Gasteiger charge is -2.06. The molecule has 0 aliphatic heterocycles. The second kappa shape index (κ2) is 6.79. The molecule has 1 heteroatoms. The molecule has 0 atom stereocenters. The average molecular weight is 252 g/mol. The lowest BCUT2D eigenvalue weighted by atomic mass is 10.0. The fraction of sp³-hybridized carbons (Fsp3) is 0.222. The van der Waals surface area contributed by atoms with Crippen molar-refractivity contribution in [2.45, 2.75) is 25.7 Å². The predicted molar refractivity (Wildman–Crippen MR) is 82.5 cm³/mol. The van der Waals surface area contributed by atoms with Crippen molar-refractivity contribution >= 4 is 10.8 Å². The molecule has 0 aliphatic rings. The third-order valence-corrected chi connectivity index (χ3v) is 3.28. The fourth-order valence-electron chi connectivity index (χ4n) is 2.24. The quantitative estimate of drug-likeness (QED) is 0.566. The van der Waals surface area contributed by atoms with Crippen LogP contribution in [0.4, 0.5) is 0 Å². The molecule has 0 heterocycles. The number of hydrogen-bond acceptors (Lipinski definition) is 1. The Labute approximate surface area is 114 Å². The lowest BCUT2D eigenvalue weighted by Crippen LogP contribution is -1.86. The smallest absolute Gasteiger partial charge is 0.119 e. The summed E-state index contributed by atoms with van der Waals surface area (Å²) < 4.78 is 0. The molecule has 19 heavy (non-hydrogen) atoms. The predicted octanol–water partition coefficient (Wildman–Crippen LogP) is 5.00. The van der Waals surface area contributed by atoms with Gasteiger partial charge < -0.3 is 5.11 Å². The van der Waals surface area contributed by atoms with E-state index in [1.165, 1.54) is 5.39 Å². The molecule has 2 aromatic rings. The first-order valence-corrected chi connectivity index (χ1v) is 6.78. The fourth-order valence-corrected chi connectivity index (χ4v) is 2.24. The highest BCUT2D eigenvalue weighted by Crippen LogP contribution is 2.27. The molecule has 1 nitrogen and oxygen atoms in total. The Morgan fingerprint density at radius 1 is 1.00 bits per heavy atom. The van der Waals surface area contributed by atoms with Gasteiger partial charge in [-0.15, -0.1) is 6.58 Å². The first kappa shape index (κ1) is 13.4. The van der Waals surface area contributed by atoms with E-state index in [0.29, 0.717) is 5.75 Å². The van der Waals surface area contributed by atoms with E-state index in [9.17, 15) is 5.11 Å². The number of benzene rings is 2. The zero-order valence-electron chi connectivity index (χ0n) is 11.2. The van der Waals surface area contributed by atoms with E-state index in [1.54, 1.807) is 6.07 Å². The Morgan fingerprint density at radius 2 is 1.84 bits per heavy atom. The van der Waals surface area contributed by atoms with Crippen molar-refractivity contribution in [3.63, 3.8) is 0 Å². The number of hydrogen-bond donors (Lipinski definition) is 1. The van der Waals surface area contributed by atoms with Gasteiger partial charge in [0.25, 0.3) is 0 Å². The molecule has 1 N–H and O–H groups in total. The number of allylic oxidation sites excluding steroid dienone is 3. The molecule has 0 unspecified atom stereocenters. The van der Waals surface area contributed by atoms with Gasteiger partial charge >= 0.3 is 0 Å². The lowest BCUT2D eigenvalue weighted by molar-refractivity contribution is 0.471. The Bertz CT molecular complexity index is 581. The van der Waals surface area contributed by atoms with Gasteiger partial charge in [0.15, 0.2) is 0 Å². The van der Waals surface area contributed by atoms with Gasteiger partial charge in [-0.25, -0.2) is 0 Å². The van der Waals surface area contributed by atoms with Crippen LogP contribution in [0.3, 0.4) is 0 Å². The molecule has 0 aliphatic carbocycles. The standard InChI is InChI=1S/C18H20O/c1-2-3-4-5-6-7-12-17-16-11-9-8-10-15(16)13-14-18(17)19/h2,6-11,13-14,19H,1,3-5,12H2/b7-6+. The van der Waals surface area contributed by atoms with Crippen LogP contribution in [0, 0.1) is 0 Å². The van der Waals surface area contributed by atoms with E-state index < -0.39 is 0 Å². The van der Waals surface area contributed by atoms with Gasteiger partial charge in [0.1, 0.15) is 5.75 Å². The molecule has 0 saturated carbocycles. The Balaban J connectivity index is 2.11. The molecule has 0 saturated heterocycles. The van der Waals surface area contributed by atoms with Crippen molar-refractivity contribution in [1.82, 2.24) is 0 Å². The van der Waals surface area contributed by atoms with E-state index >= 15 is 0 Å². The Hall–Kier alpha value is -2.02. The van der Waals surface area contributed by atoms with Crippen molar-refractivity contribution in [2.24, 2.45) is 0 Å². The van der Waals surface area contributed by atoms with Gasteiger partial charge in [-0.3, -0.25) is 0 Å². The monoisotopic (exact) mass is 252 g/mol. The van der Waals surface area contributed by atoms with Crippen molar-refractivity contribution in [3.05, 3.63) is 66.8 Å². The number of unbranched alkanes of at least 4 members (excludes halogenated alkanes) is 2. The largest absolute Gasteiger partial charge is 0.508 e. The summed E-state index contributed by atoms with van der Waals surface area (Å²) in [5.74, 6) is 0.384. The van der Waals surface area contributed by atoms with Crippen molar-refractivity contribution in [1.29, 1.82) is 0 Å². The highest BCUT2D eigenvalue weighted by atomic mass is 16.3. The Morgan fingerprint density at radius 3 is 2.68 bits per heavy atom. The zero-order valence-corrected chi connectivity index (χ0v) is 11.2. The van der Waals surface area contributed by atoms with Crippen LogP contribution < -0.4 is 0 Å². The summed E-state index contributed by atoms with van der Waals surface area (Å²) in [6.45, 7) is 3.71. The van der Waals surface area contributed by atoms with Gasteiger partial charge in [-0.05, 0) is 42.5 Å². The molecule has 0 bridgehead atoms. The molecular formula is C18H20O. The molecule has 2 rings (SSSR count).